The largest absolute Gasteiger partial charge is 0.320 e. The normalized spacial score (nSPS) is 10.5. The smallest absolute Gasteiger partial charge is 0.275 e. The van der Waals surface area contributed by atoms with Gasteiger partial charge in [0.25, 0.3) is 5.91 Å². The highest BCUT2D eigenvalue weighted by Gasteiger charge is 2.16. The zero-order valence-corrected chi connectivity index (χ0v) is 14.5. The zero-order valence-electron chi connectivity index (χ0n) is 12.2. The first-order valence-corrected chi connectivity index (χ1v) is 8.49. The monoisotopic (exact) mass is 355 g/mol. The van der Waals surface area contributed by atoms with Crippen LogP contribution in [0.3, 0.4) is 0 Å². The minimum Gasteiger partial charge on any atom is -0.320 e. The molecule has 4 nitrogen and oxygen atoms in total. The van der Waals surface area contributed by atoms with E-state index in [1.165, 1.54) is 18.0 Å². The number of hydrogen-bond donors (Lipinski definition) is 1. The van der Waals surface area contributed by atoms with E-state index in [2.05, 4.69) is 22.2 Å². The molecular formula is C15H15Cl2N3OS. The quantitative estimate of drug-likeness (QED) is 0.615. The molecule has 1 aromatic carbocycles. The summed E-state index contributed by atoms with van der Waals surface area (Å²) >= 11 is 13.6. The van der Waals surface area contributed by atoms with Crippen molar-refractivity contribution in [3.05, 3.63) is 45.7 Å². The van der Waals surface area contributed by atoms with Crippen molar-refractivity contribution in [2.24, 2.45) is 0 Å². The molecule has 0 atom stereocenters. The number of aromatic nitrogens is 2. The molecule has 1 aromatic heterocycles. The van der Waals surface area contributed by atoms with Crippen LogP contribution >= 0.6 is 35.0 Å². The predicted molar refractivity (Wildman–Crippen MR) is 92.2 cm³/mol. The van der Waals surface area contributed by atoms with Crippen molar-refractivity contribution in [1.82, 2.24) is 9.97 Å². The molecule has 1 heterocycles. The third kappa shape index (κ3) is 4.12. The average Bonchev–Trinajstić information content (AvgIpc) is 2.51. The molecule has 22 heavy (non-hydrogen) atoms. The van der Waals surface area contributed by atoms with Gasteiger partial charge in [0.05, 0.1) is 11.2 Å². The summed E-state index contributed by atoms with van der Waals surface area (Å²) in [5.74, 6) is 0.506. The highest BCUT2D eigenvalue weighted by Crippen LogP contribution is 2.25. The molecule has 0 spiro atoms. The SMILES string of the molecule is CCCSc1ncc(Cl)c(C(=O)Nc2cccc(Cl)c2C)n1. The van der Waals surface area contributed by atoms with Crippen LogP contribution in [0.2, 0.25) is 10.0 Å². The van der Waals surface area contributed by atoms with Crippen molar-refractivity contribution >= 4 is 46.6 Å². The fourth-order valence-corrected chi connectivity index (χ4v) is 2.72. The van der Waals surface area contributed by atoms with Gasteiger partial charge in [-0.2, -0.15) is 0 Å². The molecule has 0 radical (unpaired) electrons. The minimum atomic E-state index is -0.379. The Bertz CT molecular complexity index is 694. The molecule has 0 aliphatic heterocycles. The van der Waals surface area contributed by atoms with Crippen molar-refractivity contribution in [1.29, 1.82) is 0 Å². The van der Waals surface area contributed by atoms with Crippen LogP contribution in [0, 0.1) is 6.92 Å². The summed E-state index contributed by atoms with van der Waals surface area (Å²) in [5, 5.41) is 4.13. The van der Waals surface area contributed by atoms with E-state index >= 15 is 0 Å². The van der Waals surface area contributed by atoms with Gasteiger partial charge >= 0.3 is 0 Å². The average molecular weight is 356 g/mol. The van der Waals surface area contributed by atoms with Crippen LogP contribution < -0.4 is 5.32 Å². The molecule has 2 aromatic rings. The molecular weight excluding hydrogens is 341 g/mol. The molecule has 116 valence electrons. The fraction of sp³-hybridized carbons (Fsp3) is 0.267. The van der Waals surface area contributed by atoms with Gasteiger partial charge in [0.15, 0.2) is 10.9 Å². The maximum absolute atomic E-state index is 12.4. The Morgan fingerprint density at radius 1 is 1.32 bits per heavy atom. The molecule has 1 amide bonds. The van der Waals surface area contributed by atoms with Crippen molar-refractivity contribution < 1.29 is 4.79 Å². The van der Waals surface area contributed by atoms with E-state index in [0.29, 0.717) is 15.9 Å². The molecule has 0 aliphatic carbocycles. The van der Waals surface area contributed by atoms with E-state index in [4.69, 9.17) is 23.2 Å². The minimum absolute atomic E-state index is 0.162. The molecule has 0 saturated carbocycles. The van der Waals surface area contributed by atoms with Crippen LogP contribution in [0.1, 0.15) is 29.4 Å². The van der Waals surface area contributed by atoms with Crippen molar-refractivity contribution in [3.63, 3.8) is 0 Å². The lowest BCUT2D eigenvalue weighted by Gasteiger charge is -2.10. The summed E-state index contributed by atoms with van der Waals surface area (Å²) in [6, 6.07) is 5.32. The van der Waals surface area contributed by atoms with Gasteiger partial charge in [-0.1, -0.05) is 48.0 Å². The van der Waals surface area contributed by atoms with Crippen LogP contribution in [0.4, 0.5) is 5.69 Å². The Morgan fingerprint density at radius 3 is 2.82 bits per heavy atom. The van der Waals surface area contributed by atoms with Gasteiger partial charge in [0.2, 0.25) is 0 Å². The number of rotatable bonds is 5. The maximum Gasteiger partial charge on any atom is 0.275 e. The number of thioether (sulfide) groups is 1. The fourth-order valence-electron chi connectivity index (χ4n) is 1.70. The van der Waals surface area contributed by atoms with Gasteiger partial charge < -0.3 is 5.32 Å². The van der Waals surface area contributed by atoms with Gasteiger partial charge in [-0.3, -0.25) is 4.79 Å². The van der Waals surface area contributed by atoms with Gasteiger partial charge in [0.1, 0.15) is 0 Å². The van der Waals surface area contributed by atoms with Gasteiger partial charge in [-0.05, 0) is 31.0 Å². The van der Waals surface area contributed by atoms with E-state index in [9.17, 15) is 4.79 Å². The number of carbonyl (C=O) groups is 1. The van der Waals surface area contributed by atoms with Crippen LogP contribution in [0.25, 0.3) is 0 Å². The number of benzene rings is 1. The Balaban J connectivity index is 2.23. The molecule has 0 unspecified atom stereocenters. The first-order valence-electron chi connectivity index (χ1n) is 6.74. The lowest BCUT2D eigenvalue weighted by molar-refractivity contribution is 0.102. The Kier molecular flexibility index (Phi) is 6.06. The molecule has 2 rings (SSSR count). The molecule has 0 fully saturated rings. The lowest BCUT2D eigenvalue weighted by atomic mass is 10.2. The summed E-state index contributed by atoms with van der Waals surface area (Å²) in [4.78, 5) is 20.7. The van der Waals surface area contributed by atoms with Crippen LogP contribution in [0.5, 0.6) is 0 Å². The third-order valence-corrected chi connectivity index (χ3v) is 4.64. The maximum atomic E-state index is 12.4. The summed E-state index contributed by atoms with van der Waals surface area (Å²) in [6.07, 6.45) is 2.45. The number of carbonyl (C=O) groups excluding carboxylic acids is 1. The molecule has 7 heteroatoms. The second-order valence-corrected chi connectivity index (χ2v) is 6.44. The van der Waals surface area contributed by atoms with Crippen LogP contribution in [-0.2, 0) is 0 Å². The number of amides is 1. The Morgan fingerprint density at radius 2 is 2.09 bits per heavy atom. The molecule has 0 saturated heterocycles. The van der Waals surface area contributed by atoms with Crippen LogP contribution in [-0.4, -0.2) is 21.6 Å². The van der Waals surface area contributed by atoms with E-state index in [0.717, 1.165) is 17.7 Å². The highest BCUT2D eigenvalue weighted by atomic mass is 35.5. The van der Waals surface area contributed by atoms with Gasteiger partial charge in [0, 0.05) is 16.5 Å². The van der Waals surface area contributed by atoms with Gasteiger partial charge in [-0.25, -0.2) is 9.97 Å². The third-order valence-electron chi connectivity index (χ3n) is 2.89. The number of hydrogen-bond acceptors (Lipinski definition) is 4. The summed E-state index contributed by atoms with van der Waals surface area (Å²) in [6.45, 7) is 3.90. The van der Waals surface area contributed by atoms with E-state index in [1.807, 2.05) is 6.92 Å². The predicted octanol–water partition coefficient (Wildman–Crippen LogP) is 4.85. The first-order chi connectivity index (χ1) is 10.5. The van der Waals surface area contributed by atoms with Crippen molar-refractivity contribution in [2.45, 2.75) is 25.4 Å². The topological polar surface area (TPSA) is 54.9 Å². The first kappa shape index (κ1) is 17.1. The second-order valence-electron chi connectivity index (χ2n) is 4.56. The van der Waals surface area contributed by atoms with Crippen molar-refractivity contribution in [2.75, 3.05) is 11.1 Å². The summed E-state index contributed by atoms with van der Waals surface area (Å²) in [7, 11) is 0. The molecule has 0 aliphatic rings. The lowest BCUT2D eigenvalue weighted by Crippen LogP contribution is -2.16. The highest BCUT2D eigenvalue weighted by molar-refractivity contribution is 7.99. The van der Waals surface area contributed by atoms with Crippen molar-refractivity contribution in [3.8, 4) is 0 Å². The van der Waals surface area contributed by atoms with E-state index < -0.39 is 0 Å². The van der Waals surface area contributed by atoms with E-state index in [-0.39, 0.29) is 16.6 Å². The molecule has 1 N–H and O–H groups in total. The number of nitrogens with one attached hydrogen (secondary N) is 1. The van der Waals surface area contributed by atoms with Gasteiger partial charge in [-0.15, -0.1) is 0 Å². The number of anilines is 1. The standard InChI is InChI=1S/C15H15Cl2N3OS/c1-3-7-22-15-18-8-11(17)13(20-15)14(21)19-12-6-4-5-10(16)9(12)2/h4-6,8H,3,7H2,1-2H3,(H,19,21). The summed E-state index contributed by atoms with van der Waals surface area (Å²) in [5.41, 5.74) is 1.59. The van der Waals surface area contributed by atoms with Crippen LogP contribution in [0.15, 0.2) is 29.6 Å². The second kappa shape index (κ2) is 7.81. The number of nitrogens with zero attached hydrogens (tertiary/aromatic N) is 2. The molecule has 0 bridgehead atoms. The van der Waals surface area contributed by atoms with E-state index in [1.54, 1.807) is 18.2 Å². The Hall–Kier alpha value is -1.30. The summed E-state index contributed by atoms with van der Waals surface area (Å²) < 4.78 is 0. The number of halogens is 2. The zero-order chi connectivity index (χ0) is 16.1. The Labute approximate surface area is 143 Å².